The molecule has 2 fully saturated rings. The van der Waals surface area contributed by atoms with E-state index >= 15 is 0 Å². The van der Waals surface area contributed by atoms with Crippen molar-refractivity contribution in [2.75, 3.05) is 26.2 Å². The molecule has 0 aromatic heterocycles. The molecule has 2 aromatic carbocycles. The van der Waals surface area contributed by atoms with Crippen LogP contribution in [0.15, 0.2) is 82.5 Å². The fourth-order valence-electron chi connectivity index (χ4n) is 5.71. The Labute approximate surface area is 284 Å². The Morgan fingerprint density at radius 2 is 1.77 bits per heavy atom. The number of benzene rings is 2. The smallest absolute Gasteiger partial charge is 0.414 e. The normalized spacial score (nSPS) is 19.8. The first-order chi connectivity index (χ1) is 22.7. The van der Waals surface area contributed by atoms with Crippen molar-refractivity contribution in [3.8, 4) is 0 Å². The zero-order chi connectivity index (χ0) is 33.3. The Morgan fingerprint density at radius 1 is 1.02 bits per heavy atom. The fourth-order valence-corrected chi connectivity index (χ4v) is 5.97. The molecule has 0 spiro atoms. The summed E-state index contributed by atoms with van der Waals surface area (Å²) in [5.74, 6) is -0.723. The number of amides is 4. The molecule has 1 aliphatic heterocycles. The number of hydrogen-bond donors (Lipinski definition) is 4. The van der Waals surface area contributed by atoms with Crippen LogP contribution in [0.3, 0.4) is 0 Å². The molecular weight excluding hydrogens is 662 g/mol. The van der Waals surface area contributed by atoms with Crippen molar-refractivity contribution in [3.05, 3.63) is 93.6 Å². The first-order valence-corrected chi connectivity index (χ1v) is 17.2. The number of hydrogen-bond acceptors (Lipinski definition) is 6. The lowest BCUT2D eigenvalue weighted by Gasteiger charge is -2.31. The van der Waals surface area contributed by atoms with Crippen LogP contribution in [-0.4, -0.2) is 67.0 Å². The highest BCUT2D eigenvalue weighted by molar-refractivity contribution is 9.10. The third-order valence-corrected chi connectivity index (χ3v) is 9.29. The van der Waals surface area contributed by atoms with Crippen LogP contribution in [0.5, 0.6) is 0 Å². The number of nitrogens with one attached hydrogen (secondary N) is 4. The summed E-state index contributed by atoms with van der Waals surface area (Å²) in [6.45, 7) is 5.55. The van der Waals surface area contributed by atoms with Crippen molar-refractivity contribution in [1.82, 2.24) is 26.2 Å². The Hall–Kier alpha value is -3.96. The molecule has 1 unspecified atom stereocenters. The van der Waals surface area contributed by atoms with Gasteiger partial charge in [0.2, 0.25) is 17.7 Å². The monoisotopic (exact) mass is 705 g/mol. The van der Waals surface area contributed by atoms with Gasteiger partial charge >= 0.3 is 6.09 Å². The Bertz CT molecular complexity index is 1490. The SMILES string of the molecule is C[C@H](NC[C@H](Cc1ccccc1)NC(=O)C1=CC(N2CCCOC2=O)=CC(C(=O)N[C@H](C)c2ccc(Br)cc2)C1)C(=O)NCC1CC1. The molecule has 4 N–H and O–H groups in total. The summed E-state index contributed by atoms with van der Waals surface area (Å²) in [7, 11) is 0. The van der Waals surface area contributed by atoms with Gasteiger partial charge in [-0.15, -0.1) is 0 Å². The molecule has 10 nitrogen and oxygen atoms in total. The first kappa shape index (κ1) is 34.4. The van der Waals surface area contributed by atoms with Gasteiger partial charge in [0, 0.05) is 41.4 Å². The minimum Gasteiger partial charge on any atom is -0.449 e. The lowest BCUT2D eigenvalue weighted by Crippen LogP contribution is -2.50. The molecular formula is C36H44BrN5O5. The number of cyclic esters (lactones) is 1. The lowest BCUT2D eigenvalue weighted by molar-refractivity contribution is -0.124. The van der Waals surface area contributed by atoms with Crippen LogP contribution in [0.4, 0.5) is 4.79 Å². The van der Waals surface area contributed by atoms with Gasteiger partial charge in [0.1, 0.15) is 0 Å². The highest BCUT2D eigenvalue weighted by Crippen LogP contribution is 2.29. The Kier molecular flexibility index (Phi) is 11.9. The lowest BCUT2D eigenvalue weighted by atomic mass is 9.90. The number of rotatable bonds is 14. The van der Waals surface area contributed by atoms with Crippen molar-refractivity contribution in [2.24, 2.45) is 11.8 Å². The van der Waals surface area contributed by atoms with Crippen LogP contribution in [-0.2, 0) is 25.5 Å². The van der Waals surface area contributed by atoms with E-state index in [4.69, 9.17) is 4.74 Å². The van der Waals surface area contributed by atoms with Crippen LogP contribution >= 0.6 is 15.9 Å². The van der Waals surface area contributed by atoms with Crippen LogP contribution in [0.25, 0.3) is 0 Å². The molecule has 3 aliphatic rings. The summed E-state index contributed by atoms with van der Waals surface area (Å²) in [6, 6.07) is 16.5. The molecule has 2 aromatic rings. The summed E-state index contributed by atoms with van der Waals surface area (Å²) in [4.78, 5) is 54.4. The predicted octanol–water partition coefficient (Wildman–Crippen LogP) is 4.53. The molecule has 4 atom stereocenters. The fraction of sp³-hybridized carbons (Fsp3) is 0.444. The average Bonchev–Trinajstić information content (AvgIpc) is 3.91. The van der Waals surface area contributed by atoms with Crippen molar-refractivity contribution in [2.45, 2.75) is 64.1 Å². The van der Waals surface area contributed by atoms with E-state index in [1.807, 2.05) is 68.4 Å². The first-order valence-electron chi connectivity index (χ1n) is 16.4. The van der Waals surface area contributed by atoms with Crippen molar-refractivity contribution in [3.63, 3.8) is 0 Å². The summed E-state index contributed by atoms with van der Waals surface area (Å²) >= 11 is 3.45. The second-order valence-electron chi connectivity index (χ2n) is 12.7. The van der Waals surface area contributed by atoms with Gasteiger partial charge in [-0.25, -0.2) is 4.79 Å². The van der Waals surface area contributed by atoms with E-state index in [1.54, 1.807) is 12.2 Å². The Morgan fingerprint density at radius 3 is 2.47 bits per heavy atom. The number of carbonyl (C=O) groups is 4. The predicted molar refractivity (Wildman–Crippen MR) is 183 cm³/mol. The third-order valence-electron chi connectivity index (χ3n) is 8.76. The Balaban J connectivity index is 1.30. The minimum absolute atomic E-state index is 0.0638. The summed E-state index contributed by atoms with van der Waals surface area (Å²) < 4.78 is 6.22. The van der Waals surface area contributed by atoms with Gasteiger partial charge in [-0.05, 0) is 87.3 Å². The minimum atomic E-state index is -0.677. The zero-order valence-corrected chi connectivity index (χ0v) is 28.6. The van der Waals surface area contributed by atoms with E-state index in [-0.39, 0.29) is 36.2 Å². The molecule has 11 heteroatoms. The molecule has 1 heterocycles. The van der Waals surface area contributed by atoms with E-state index < -0.39 is 18.1 Å². The topological polar surface area (TPSA) is 129 Å². The summed E-state index contributed by atoms with van der Waals surface area (Å²) in [5, 5.41) is 12.5. The average molecular weight is 707 g/mol. The summed E-state index contributed by atoms with van der Waals surface area (Å²) in [5.41, 5.74) is 2.85. The number of halogens is 1. The molecule has 47 heavy (non-hydrogen) atoms. The van der Waals surface area contributed by atoms with Crippen LogP contribution in [0.2, 0.25) is 0 Å². The second kappa shape index (κ2) is 16.2. The van der Waals surface area contributed by atoms with Gasteiger partial charge in [-0.2, -0.15) is 0 Å². The van der Waals surface area contributed by atoms with Crippen LogP contribution < -0.4 is 21.3 Å². The number of carbonyl (C=O) groups excluding carboxylic acids is 4. The largest absolute Gasteiger partial charge is 0.449 e. The molecule has 5 rings (SSSR count). The molecule has 2 aliphatic carbocycles. The summed E-state index contributed by atoms with van der Waals surface area (Å²) in [6.07, 6.45) is 6.61. The second-order valence-corrected chi connectivity index (χ2v) is 13.6. The van der Waals surface area contributed by atoms with Crippen molar-refractivity contribution in [1.29, 1.82) is 0 Å². The standard InChI is InChI=1S/C36H44BrN5O5/c1-23(27-11-13-30(37)14-12-27)40-34(44)28-18-29(20-32(19-28)42-15-6-16-47-36(42)46)35(45)41-31(17-25-7-4-3-5-8-25)22-38-24(2)33(43)39-21-26-9-10-26/h3-5,7-8,11-14,19-20,23-24,26,28,31,38H,6,9-10,15-18,21-22H2,1-2H3,(H,39,43)(H,40,44)(H,41,45)/t23-,24+,28?,31+/m1/s1. The van der Waals surface area contributed by atoms with Gasteiger partial charge in [-0.3, -0.25) is 19.3 Å². The zero-order valence-electron chi connectivity index (χ0n) is 27.0. The quantitative estimate of drug-likeness (QED) is 0.229. The van der Waals surface area contributed by atoms with Crippen LogP contribution in [0, 0.1) is 11.8 Å². The molecule has 250 valence electrons. The van der Waals surface area contributed by atoms with Gasteiger partial charge in [0.25, 0.3) is 0 Å². The molecule has 1 saturated heterocycles. The highest BCUT2D eigenvalue weighted by atomic mass is 79.9. The van der Waals surface area contributed by atoms with Gasteiger partial charge in [0.15, 0.2) is 0 Å². The third kappa shape index (κ3) is 10.0. The molecule has 0 bridgehead atoms. The number of nitrogens with zero attached hydrogens (tertiary/aromatic N) is 1. The maximum Gasteiger partial charge on any atom is 0.414 e. The van der Waals surface area contributed by atoms with Crippen molar-refractivity contribution >= 4 is 39.7 Å². The van der Waals surface area contributed by atoms with Gasteiger partial charge in [0.05, 0.1) is 24.6 Å². The van der Waals surface area contributed by atoms with Crippen molar-refractivity contribution < 1.29 is 23.9 Å². The number of ether oxygens (including phenoxy) is 1. The number of allylic oxidation sites excluding steroid dienone is 1. The van der Waals surface area contributed by atoms with E-state index in [0.717, 1.165) is 28.4 Å². The van der Waals surface area contributed by atoms with Gasteiger partial charge < -0.3 is 26.0 Å². The van der Waals surface area contributed by atoms with E-state index in [9.17, 15) is 19.2 Å². The van der Waals surface area contributed by atoms with E-state index in [2.05, 4.69) is 37.2 Å². The molecule has 4 amide bonds. The van der Waals surface area contributed by atoms with E-state index in [1.165, 1.54) is 4.90 Å². The van der Waals surface area contributed by atoms with E-state index in [0.29, 0.717) is 56.3 Å². The maximum atomic E-state index is 13.9. The van der Waals surface area contributed by atoms with Crippen LogP contribution in [0.1, 0.15) is 56.7 Å². The highest BCUT2D eigenvalue weighted by Gasteiger charge is 2.32. The molecule has 0 radical (unpaired) electrons. The van der Waals surface area contributed by atoms with Gasteiger partial charge in [-0.1, -0.05) is 58.4 Å². The maximum absolute atomic E-state index is 13.9. The molecule has 1 saturated carbocycles.